The van der Waals surface area contributed by atoms with Crippen molar-refractivity contribution in [2.24, 2.45) is 5.73 Å². The molecule has 1 aromatic rings. The quantitative estimate of drug-likeness (QED) is 0.817. The molecule has 0 aliphatic carbocycles. The lowest BCUT2D eigenvalue weighted by Crippen LogP contribution is -2.41. The van der Waals surface area contributed by atoms with Crippen molar-refractivity contribution in [3.05, 3.63) is 35.4 Å². The molecule has 19 heavy (non-hydrogen) atoms. The third kappa shape index (κ3) is 3.76. The molecule has 0 saturated carbocycles. The van der Waals surface area contributed by atoms with Gasteiger partial charge in [0.1, 0.15) is 0 Å². The fraction of sp³-hybridized carbons (Fsp3) is 0.538. The second kappa shape index (κ2) is 7.00. The molecule has 0 bridgehead atoms. The van der Waals surface area contributed by atoms with Crippen LogP contribution in [-0.2, 0) is 23.3 Å². The van der Waals surface area contributed by atoms with Crippen LogP contribution in [0.2, 0.25) is 0 Å². The highest BCUT2D eigenvalue weighted by molar-refractivity contribution is 7.86. The highest BCUT2D eigenvalue weighted by Gasteiger charge is 2.24. The molecular weight excluding hydrogens is 262 g/mol. The van der Waals surface area contributed by atoms with E-state index in [0.29, 0.717) is 26.2 Å². The summed E-state index contributed by atoms with van der Waals surface area (Å²) in [6, 6.07) is 7.64. The molecule has 6 heteroatoms. The molecule has 0 amide bonds. The number of benzene rings is 1. The van der Waals surface area contributed by atoms with Gasteiger partial charge in [-0.2, -0.15) is 17.0 Å². The molecule has 0 fully saturated rings. The van der Waals surface area contributed by atoms with Gasteiger partial charge in [-0.1, -0.05) is 38.1 Å². The maximum Gasteiger partial charge on any atom is 0.282 e. The molecule has 0 aliphatic heterocycles. The molecule has 0 atom stereocenters. The predicted octanol–water partition coefficient (Wildman–Crippen LogP) is 1.16. The second-order valence-corrected chi connectivity index (χ2v) is 6.36. The van der Waals surface area contributed by atoms with Gasteiger partial charge in [-0.05, 0) is 11.1 Å². The number of rotatable bonds is 7. The Morgan fingerprint density at radius 2 is 1.63 bits per heavy atom. The first kappa shape index (κ1) is 16.1. The molecule has 0 aliphatic rings. The Hall–Kier alpha value is -0.950. The van der Waals surface area contributed by atoms with Crippen LogP contribution in [0.25, 0.3) is 0 Å². The van der Waals surface area contributed by atoms with Crippen LogP contribution < -0.4 is 5.73 Å². The Bertz CT molecular complexity index is 498. The van der Waals surface area contributed by atoms with Crippen LogP contribution in [0.4, 0.5) is 0 Å². The van der Waals surface area contributed by atoms with Gasteiger partial charge in [0, 0.05) is 33.2 Å². The van der Waals surface area contributed by atoms with E-state index >= 15 is 0 Å². The first-order valence-corrected chi connectivity index (χ1v) is 7.85. The summed E-state index contributed by atoms with van der Waals surface area (Å²) in [7, 11) is -1.80. The molecule has 0 heterocycles. The Kier molecular flexibility index (Phi) is 5.93. The number of nitrogens with two attached hydrogens (primary N) is 1. The lowest BCUT2D eigenvalue weighted by atomic mass is 10.1. The lowest BCUT2D eigenvalue weighted by Gasteiger charge is -2.26. The van der Waals surface area contributed by atoms with Gasteiger partial charge >= 0.3 is 0 Å². The number of hydrogen-bond acceptors (Lipinski definition) is 3. The molecule has 1 aromatic carbocycles. The molecule has 0 saturated heterocycles. The zero-order valence-corrected chi connectivity index (χ0v) is 12.7. The minimum absolute atomic E-state index is 0.339. The third-order valence-electron chi connectivity index (χ3n) is 3.16. The van der Waals surface area contributed by atoms with Crippen LogP contribution in [0.1, 0.15) is 25.0 Å². The zero-order valence-electron chi connectivity index (χ0n) is 11.8. The van der Waals surface area contributed by atoms with E-state index in [9.17, 15) is 8.42 Å². The summed E-state index contributed by atoms with van der Waals surface area (Å²) >= 11 is 0. The van der Waals surface area contributed by atoms with Gasteiger partial charge in [0.25, 0.3) is 10.2 Å². The average Bonchev–Trinajstić information content (AvgIpc) is 2.40. The molecule has 5 nitrogen and oxygen atoms in total. The second-order valence-electron chi connectivity index (χ2n) is 4.32. The van der Waals surface area contributed by atoms with Crippen LogP contribution in [-0.4, -0.2) is 37.2 Å². The van der Waals surface area contributed by atoms with Crippen molar-refractivity contribution in [3.63, 3.8) is 0 Å². The number of hydrogen-bond donors (Lipinski definition) is 1. The SMILES string of the molecule is CCN(CC)S(=O)(=O)N(C)Cc1ccccc1CN. The predicted molar refractivity (Wildman–Crippen MR) is 77.6 cm³/mol. The summed E-state index contributed by atoms with van der Waals surface area (Å²) in [6.45, 7) is 5.37. The normalized spacial score (nSPS) is 12.3. The van der Waals surface area contributed by atoms with Gasteiger partial charge in [0.2, 0.25) is 0 Å². The summed E-state index contributed by atoms with van der Waals surface area (Å²) in [4.78, 5) is 0. The summed E-state index contributed by atoms with van der Waals surface area (Å²) < 4.78 is 27.4. The molecule has 0 aromatic heterocycles. The Labute approximate surface area is 116 Å². The van der Waals surface area contributed by atoms with Crippen LogP contribution in [0, 0.1) is 0 Å². The zero-order chi connectivity index (χ0) is 14.5. The third-order valence-corrected chi connectivity index (χ3v) is 5.24. The molecular formula is C13H23N3O2S. The van der Waals surface area contributed by atoms with Gasteiger partial charge in [0.05, 0.1) is 0 Å². The van der Waals surface area contributed by atoms with Crippen molar-refractivity contribution in [1.29, 1.82) is 0 Å². The maximum absolute atomic E-state index is 12.3. The minimum Gasteiger partial charge on any atom is -0.326 e. The summed E-state index contributed by atoms with van der Waals surface area (Å²) in [5, 5.41) is 0. The lowest BCUT2D eigenvalue weighted by molar-refractivity contribution is 0.374. The maximum atomic E-state index is 12.3. The monoisotopic (exact) mass is 285 g/mol. The number of nitrogens with zero attached hydrogens (tertiary/aromatic N) is 2. The van der Waals surface area contributed by atoms with Crippen LogP contribution >= 0.6 is 0 Å². The van der Waals surface area contributed by atoms with Gasteiger partial charge < -0.3 is 5.73 Å². The van der Waals surface area contributed by atoms with Crippen molar-refractivity contribution in [2.75, 3.05) is 20.1 Å². The van der Waals surface area contributed by atoms with Crippen LogP contribution in [0.15, 0.2) is 24.3 Å². The van der Waals surface area contributed by atoms with Crippen LogP contribution in [0.3, 0.4) is 0 Å². The van der Waals surface area contributed by atoms with Crippen LogP contribution in [0.5, 0.6) is 0 Å². The van der Waals surface area contributed by atoms with Gasteiger partial charge in [0.15, 0.2) is 0 Å². The minimum atomic E-state index is -3.40. The molecule has 0 spiro atoms. The van der Waals surface area contributed by atoms with E-state index in [1.54, 1.807) is 7.05 Å². The van der Waals surface area contributed by atoms with Crippen molar-refractivity contribution in [3.8, 4) is 0 Å². The molecule has 0 radical (unpaired) electrons. The first-order valence-electron chi connectivity index (χ1n) is 6.45. The van der Waals surface area contributed by atoms with E-state index in [1.165, 1.54) is 8.61 Å². The van der Waals surface area contributed by atoms with E-state index in [1.807, 2.05) is 38.1 Å². The summed E-state index contributed by atoms with van der Waals surface area (Å²) in [6.07, 6.45) is 0. The van der Waals surface area contributed by atoms with Gasteiger partial charge in [-0.15, -0.1) is 0 Å². The van der Waals surface area contributed by atoms with E-state index in [2.05, 4.69) is 0 Å². The van der Waals surface area contributed by atoms with E-state index in [0.717, 1.165) is 11.1 Å². The van der Waals surface area contributed by atoms with Crippen molar-refractivity contribution in [2.45, 2.75) is 26.9 Å². The van der Waals surface area contributed by atoms with E-state index in [-0.39, 0.29) is 0 Å². The van der Waals surface area contributed by atoms with Crippen molar-refractivity contribution >= 4 is 10.2 Å². The molecule has 0 unspecified atom stereocenters. The van der Waals surface area contributed by atoms with E-state index < -0.39 is 10.2 Å². The standard InChI is InChI=1S/C13H23N3O2S/c1-4-16(5-2)19(17,18)15(3)11-13-9-7-6-8-12(13)10-14/h6-9H,4-5,10-11,14H2,1-3H3. The highest BCUT2D eigenvalue weighted by atomic mass is 32.2. The Balaban J connectivity index is 2.93. The molecule has 1 rings (SSSR count). The highest BCUT2D eigenvalue weighted by Crippen LogP contribution is 2.14. The first-order chi connectivity index (χ1) is 8.97. The fourth-order valence-corrected chi connectivity index (χ4v) is 3.33. The molecule has 2 N–H and O–H groups in total. The van der Waals surface area contributed by atoms with E-state index in [4.69, 9.17) is 5.73 Å². The fourth-order valence-electron chi connectivity index (χ4n) is 1.98. The summed E-state index contributed by atoms with van der Waals surface area (Å²) in [5.41, 5.74) is 7.59. The smallest absolute Gasteiger partial charge is 0.282 e. The van der Waals surface area contributed by atoms with Crippen molar-refractivity contribution < 1.29 is 8.42 Å². The van der Waals surface area contributed by atoms with Crippen molar-refractivity contribution in [1.82, 2.24) is 8.61 Å². The van der Waals surface area contributed by atoms with Gasteiger partial charge in [-0.3, -0.25) is 0 Å². The molecule has 108 valence electrons. The largest absolute Gasteiger partial charge is 0.326 e. The van der Waals surface area contributed by atoms with Gasteiger partial charge in [-0.25, -0.2) is 0 Å². The average molecular weight is 285 g/mol. The Morgan fingerprint density at radius 1 is 1.11 bits per heavy atom. The summed E-state index contributed by atoms with van der Waals surface area (Å²) in [5.74, 6) is 0. The topological polar surface area (TPSA) is 66.6 Å². The Morgan fingerprint density at radius 3 is 2.11 bits per heavy atom.